The van der Waals surface area contributed by atoms with E-state index in [4.69, 9.17) is 21.6 Å². The predicted molar refractivity (Wildman–Crippen MR) is 56.9 cm³/mol. The molecule has 15 heavy (non-hydrogen) atoms. The molecule has 0 atom stereocenters. The van der Waals surface area contributed by atoms with Gasteiger partial charge < -0.3 is 9.30 Å². The Morgan fingerprint density at radius 1 is 1.60 bits per heavy atom. The number of nitriles is 1. The lowest BCUT2D eigenvalue weighted by Gasteiger charge is -2.11. The molecule has 4 nitrogen and oxygen atoms in total. The Hall–Kier alpha value is -1.31. The molecule has 0 saturated heterocycles. The van der Waals surface area contributed by atoms with Crippen molar-refractivity contribution in [1.82, 2.24) is 4.57 Å². The molecule has 0 aliphatic heterocycles. The van der Waals surface area contributed by atoms with Gasteiger partial charge in [-0.2, -0.15) is 5.26 Å². The number of nitrogens with zero attached hydrogens (tertiary/aromatic N) is 2. The maximum atomic E-state index is 11.7. The van der Waals surface area contributed by atoms with E-state index in [9.17, 15) is 4.79 Å². The molecule has 0 saturated carbocycles. The second-order valence-electron chi connectivity index (χ2n) is 3.16. The molecule has 0 bridgehead atoms. The molecule has 0 aromatic carbocycles. The van der Waals surface area contributed by atoms with Crippen molar-refractivity contribution >= 4 is 11.6 Å². The van der Waals surface area contributed by atoms with Crippen LogP contribution in [0.15, 0.2) is 4.79 Å². The minimum absolute atomic E-state index is 0.0509. The molecular weight excluding hydrogens is 216 g/mol. The van der Waals surface area contributed by atoms with Gasteiger partial charge in [0.25, 0.3) is 5.56 Å². The van der Waals surface area contributed by atoms with Gasteiger partial charge in [-0.3, -0.25) is 4.79 Å². The van der Waals surface area contributed by atoms with Crippen LogP contribution in [0.3, 0.4) is 0 Å². The first-order valence-electron chi connectivity index (χ1n) is 4.31. The zero-order valence-corrected chi connectivity index (χ0v) is 9.55. The summed E-state index contributed by atoms with van der Waals surface area (Å²) in [7, 11) is 3.07. The summed E-state index contributed by atoms with van der Waals surface area (Å²) in [6.45, 7) is 1.89. The highest BCUT2D eigenvalue weighted by Gasteiger charge is 2.16. The van der Waals surface area contributed by atoms with E-state index in [2.05, 4.69) is 0 Å². The lowest BCUT2D eigenvalue weighted by atomic mass is 10.1. The predicted octanol–water partition coefficient (Wildman–Crippen LogP) is 1.37. The lowest BCUT2D eigenvalue weighted by molar-refractivity contribution is 0.184. The first-order chi connectivity index (χ1) is 7.04. The monoisotopic (exact) mass is 226 g/mol. The number of methoxy groups -OCH3 is 1. The summed E-state index contributed by atoms with van der Waals surface area (Å²) in [6.07, 6.45) is 0. The van der Waals surface area contributed by atoms with E-state index >= 15 is 0 Å². The first kappa shape index (κ1) is 11.8. The summed E-state index contributed by atoms with van der Waals surface area (Å²) >= 11 is 6.04. The van der Waals surface area contributed by atoms with Gasteiger partial charge in [0.15, 0.2) is 0 Å². The van der Waals surface area contributed by atoms with E-state index in [-0.39, 0.29) is 17.7 Å². The second-order valence-corrected chi connectivity index (χ2v) is 3.54. The fourth-order valence-electron chi connectivity index (χ4n) is 1.32. The van der Waals surface area contributed by atoms with Crippen molar-refractivity contribution in [3.05, 3.63) is 32.2 Å². The average Bonchev–Trinajstić information content (AvgIpc) is 2.24. The van der Waals surface area contributed by atoms with Crippen molar-refractivity contribution in [2.45, 2.75) is 13.5 Å². The molecule has 0 unspecified atom stereocenters. The molecular formula is C10H11ClN2O2. The second kappa shape index (κ2) is 4.47. The lowest BCUT2D eigenvalue weighted by Crippen LogP contribution is -2.24. The van der Waals surface area contributed by atoms with Crippen molar-refractivity contribution in [2.24, 2.45) is 7.05 Å². The third kappa shape index (κ3) is 1.89. The van der Waals surface area contributed by atoms with Crippen molar-refractivity contribution in [3.8, 4) is 6.07 Å². The number of halogens is 1. The largest absolute Gasteiger partial charge is 0.380 e. The Morgan fingerprint density at radius 2 is 2.20 bits per heavy atom. The molecule has 0 fully saturated rings. The Balaban J connectivity index is 3.64. The van der Waals surface area contributed by atoms with Crippen molar-refractivity contribution in [3.63, 3.8) is 0 Å². The fourth-order valence-corrected chi connectivity index (χ4v) is 1.60. The zero-order valence-electron chi connectivity index (χ0n) is 8.80. The molecule has 0 radical (unpaired) electrons. The Kier molecular flexibility index (Phi) is 3.51. The van der Waals surface area contributed by atoms with Gasteiger partial charge in [0, 0.05) is 25.4 Å². The molecule has 0 N–H and O–H groups in total. The van der Waals surface area contributed by atoms with Crippen LogP contribution in [0.2, 0.25) is 5.02 Å². The molecule has 0 spiro atoms. The Bertz CT molecular complexity index is 486. The molecule has 5 heteroatoms. The number of rotatable bonds is 2. The van der Waals surface area contributed by atoms with Crippen LogP contribution in [-0.4, -0.2) is 11.7 Å². The van der Waals surface area contributed by atoms with Crippen molar-refractivity contribution < 1.29 is 4.74 Å². The van der Waals surface area contributed by atoms with E-state index in [0.717, 1.165) is 0 Å². The van der Waals surface area contributed by atoms with Crippen LogP contribution in [0.1, 0.15) is 16.8 Å². The molecule has 1 heterocycles. The first-order valence-corrected chi connectivity index (χ1v) is 4.69. The third-order valence-corrected chi connectivity index (χ3v) is 2.81. The molecule has 1 aromatic heterocycles. The highest BCUT2D eigenvalue weighted by atomic mass is 35.5. The molecule has 0 amide bonds. The standard InChI is InChI=1S/C10H11ClN2O2/c1-6-9(11)8(5-15-3)7(4-12)10(14)13(6)2/h5H2,1-3H3. The van der Waals surface area contributed by atoms with Gasteiger partial charge in [-0.05, 0) is 6.92 Å². The summed E-state index contributed by atoms with van der Waals surface area (Å²) in [5, 5.41) is 9.30. The maximum absolute atomic E-state index is 11.7. The molecule has 0 aliphatic carbocycles. The summed E-state index contributed by atoms with van der Waals surface area (Å²) in [5.74, 6) is 0. The van der Waals surface area contributed by atoms with E-state index in [1.807, 2.05) is 6.07 Å². The molecule has 1 aromatic rings. The number of aromatic nitrogens is 1. The van der Waals surface area contributed by atoms with Gasteiger partial charge in [0.2, 0.25) is 0 Å². The minimum Gasteiger partial charge on any atom is -0.380 e. The van der Waals surface area contributed by atoms with E-state index in [1.54, 1.807) is 14.0 Å². The molecule has 0 aliphatic rings. The van der Waals surface area contributed by atoms with Crippen LogP contribution in [0.4, 0.5) is 0 Å². The van der Waals surface area contributed by atoms with E-state index in [0.29, 0.717) is 16.3 Å². The van der Waals surface area contributed by atoms with Crippen LogP contribution in [0, 0.1) is 18.3 Å². The van der Waals surface area contributed by atoms with Gasteiger partial charge in [0.1, 0.15) is 11.6 Å². The molecule has 80 valence electrons. The van der Waals surface area contributed by atoms with Crippen LogP contribution in [0.25, 0.3) is 0 Å². The van der Waals surface area contributed by atoms with Crippen LogP contribution >= 0.6 is 11.6 Å². The molecule has 1 rings (SSSR count). The summed E-state index contributed by atoms with van der Waals surface area (Å²) in [5.41, 5.74) is 0.802. The van der Waals surface area contributed by atoms with Crippen LogP contribution < -0.4 is 5.56 Å². The van der Waals surface area contributed by atoms with Gasteiger partial charge in [-0.25, -0.2) is 0 Å². The van der Waals surface area contributed by atoms with Gasteiger partial charge in [0.05, 0.1) is 11.6 Å². The quantitative estimate of drug-likeness (QED) is 0.765. The number of hydrogen-bond donors (Lipinski definition) is 0. The van der Waals surface area contributed by atoms with Gasteiger partial charge >= 0.3 is 0 Å². The SMILES string of the molecule is COCc1c(Cl)c(C)n(C)c(=O)c1C#N. The van der Waals surface area contributed by atoms with E-state index < -0.39 is 0 Å². The van der Waals surface area contributed by atoms with Gasteiger partial charge in [-0.15, -0.1) is 0 Å². The highest BCUT2D eigenvalue weighted by Crippen LogP contribution is 2.21. The number of ether oxygens (including phenoxy) is 1. The van der Waals surface area contributed by atoms with Crippen molar-refractivity contribution in [1.29, 1.82) is 5.26 Å². The Morgan fingerprint density at radius 3 is 2.67 bits per heavy atom. The summed E-state index contributed by atoms with van der Waals surface area (Å²) < 4.78 is 6.28. The highest BCUT2D eigenvalue weighted by molar-refractivity contribution is 6.32. The fraction of sp³-hybridized carbons (Fsp3) is 0.400. The smallest absolute Gasteiger partial charge is 0.268 e. The summed E-state index contributed by atoms with van der Waals surface area (Å²) in [6, 6.07) is 1.86. The normalized spacial score (nSPS) is 10.1. The topological polar surface area (TPSA) is 55.0 Å². The maximum Gasteiger partial charge on any atom is 0.268 e. The van der Waals surface area contributed by atoms with Crippen LogP contribution in [-0.2, 0) is 18.4 Å². The summed E-state index contributed by atoms with van der Waals surface area (Å²) in [4.78, 5) is 11.7. The number of pyridine rings is 1. The van der Waals surface area contributed by atoms with Crippen LogP contribution in [0.5, 0.6) is 0 Å². The van der Waals surface area contributed by atoms with E-state index in [1.165, 1.54) is 11.7 Å². The number of hydrogen-bond acceptors (Lipinski definition) is 3. The van der Waals surface area contributed by atoms with Crippen molar-refractivity contribution in [2.75, 3.05) is 7.11 Å². The third-order valence-electron chi connectivity index (χ3n) is 2.31. The zero-order chi connectivity index (χ0) is 11.6. The Labute approximate surface area is 92.7 Å². The van der Waals surface area contributed by atoms with Gasteiger partial charge in [-0.1, -0.05) is 11.6 Å². The average molecular weight is 227 g/mol. The minimum atomic E-state index is -0.341.